The number of allylic oxidation sites excluding steroid dienone is 1. The second kappa shape index (κ2) is 28.5. The topological polar surface area (TPSA) is 99.1 Å². The molecule has 0 aliphatic rings. The summed E-state index contributed by atoms with van der Waals surface area (Å²) in [6.07, 6.45) is 23.6. The smallest absolute Gasteiger partial charge is 0.362 e. The first kappa shape index (κ1) is 42.1. The first-order valence-corrected chi connectivity index (χ1v) is 17.7. The molecule has 0 bridgehead atoms. The first-order valence-electron chi connectivity index (χ1n) is 17.7. The van der Waals surface area contributed by atoms with Gasteiger partial charge in [0.2, 0.25) is 0 Å². The maximum Gasteiger partial charge on any atom is 0.362 e. The van der Waals surface area contributed by atoms with Crippen LogP contribution in [-0.2, 0) is 28.6 Å². The molecule has 0 aliphatic heterocycles. The summed E-state index contributed by atoms with van der Waals surface area (Å²) in [6.45, 7) is 7.19. The van der Waals surface area contributed by atoms with Gasteiger partial charge in [-0.3, -0.25) is 9.59 Å². The van der Waals surface area contributed by atoms with Crippen molar-refractivity contribution in [1.29, 1.82) is 0 Å². The van der Waals surface area contributed by atoms with E-state index in [0.29, 0.717) is 36.9 Å². The number of esters is 3. The van der Waals surface area contributed by atoms with Gasteiger partial charge in [0.1, 0.15) is 19.3 Å². The number of carbonyl (C=O) groups excluding carboxylic acids is 3. The summed E-state index contributed by atoms with van der Waals surface area (Å²) >= 11 is 0. The predicted octanol–water partition coefficient (Wildman–Crippen LogP) is 7.84. The van der Waals surface area contributed by atoms with Crippen LogP contribution in [0.1, 0.15) is 149 Å². The van der Waals surface area contributed by atoms with E-state index >= 15 is 0 Å². The molecule has 0 aliphatic carbocycles. The highest BCUT2D eigenvalue weighted by Gasteiger charge is 2.27. The van der Waals surface area contributed by atoms with Crippen molar-refractivity contribution in [2.45, 2.75) is 161 Å². The average molecular weight is 627 g/mol. The highest BCUT2D eigenvalue weighted by atomic mass is 16.6. The lowest BCUT2D eigenvalue weighted by Gasteiger charge is -2.30. The molecule has 258 valence electrons. The van der Waals surface area contributed by atoms with Crippen LogP contribution < -0.4 is 0 Å². The molecule has 0 rings (SSSR count). The van der Waals surface area contributed by atoms with E-state index in [9.17, 15) is 19.5 Å². The average Bonchev–Trinajstić information content (AvgIpc) is 2.96. The highest BCUT2D eigenvalue weighted by Crippen LogP contribution is 2.16. The summed E-state index contributed by atoms with van der Waals surface area (Å²) in [5.41, 5.74) is 0. The Morgan fingerprint density at radius 2 is 1.30 bits per heavy atom. The Hall–Kier alpha value is -1.93. The van der Waals surface area contributed by atoms with Crippen molar-refractivity contribution in [2.75, 3.05) is 40.4 Å². The fourth-order valence-electron chi connectivity index (χ4n) is 5.06. The fraction of sp³-hybridized carbons (Fsp3) is 0.861. The van der Waals surface area contributed by atoms with Crippen molar-refractivity contribution in [2.24, 2.45) is 0 Å². The minimum Gasteiger partial charge on any atom is -0.466 e. The van der Waals surface area contributed by atoms with Crippen LogP contribution in [0.15, 0.2) is 12.2 Å². The molecule has 2 atom stereocenters. The Morgan fingerprint density at radius 3 is 1.95 bits per heavy atom. The third-order valence-electron chi connectivity index (χ3n) is 7.92. The van der Waals surface area contributed by atoms with E-state index < -0.39 is 12.2 Å². The Kier molecular flexibility index (Phi) is 27.3. The number of ether oxygens (including phenoxy) is 3. The largest absolute Gasteiger partial charge is 0.466 e. The summed E-state index contributed by atoms with van der Waals surface area (Å²) in [5, 5.41) is 10.8. The van der Waals surface area contributed by atoms with Gasteiger partial charge in [0.15, 0.2) is 6.54 Å². The summed E-state index contributed by atoms with van der Waals surface area (Å²) in [7, 11) is 3.78. The molecule has 44 heavy (non-hydrogen) atoms. The van der Waals surface area contributed by atoms with Crippen LogP contribution in [0.3, 0.4) is 0 Å². The van der Waals surface area contributed by atoms with Gasteiger partial charge in [-0.05, 0) is 44.9 Å². The molecule has 0 spiro atoms. The molecular weight excluding hydrogens is 558 g/mol. The number of hydrogen-bond donors (Lipinski definition) is 1. The maximum atomic E-state index is 12.7. The fourth-order valence-corrected chi connectivity index (χ4v) is 5.06. The lowest BCUT2D eigenvalue weighted by Crippen LogP contribution is -2.47. The summed E-state index contributed by atoms with van der Waals surface area (Å²) < 4.78 is 16.5. The van der Waals surface area contributed by atoms with Crippen molar-refractivity contribution >= 4 is 17.9 Å². The van der Waals surface area contributed by atoms with Gasteiger partial charge in [0.05, 0.1) is 26.8 Å². The standard InChI is InChI=1S/C36H68NO7/c1-6-8-10-11-12-17-20-24-29-43-35(40)27-23-19-16-14-13-15-18-22-25-33(39)34(26-21-9-7-2)44-36(41)31-37(4,5)28-30-42-32(3)38/h18,22,33-34,39H,6-17,19-21,23-31H2,1-5H3/q+1/b22-18-. The van der Waals surface area contributed by atoms with Gasteiger partial charge >= 0.3 is 17.9 Å². The minimum absolute atomic E-state index is 0.0600. The molecule has 0 saturated heterocycles. The number of hydrogen-bond acceptors (Lipinski definition) is 7. The third kappa shape index (κ3) is 27.6. The Balaban J connectivity index is 4.08. The lowest BCUT2D eigenvalue weighted by atomic mass is 10.0. The van der Waals surface area contributed by atoms with E-state index in [0.717, 1.165) is 70.6 Å². The van der Waals surface area contributed by atoms with Crippen LogP contribution in [0, 0.1) is 0 Å². The number of nitrogens with zero attached hydrogens (tertiary/aromatic N) is 1. The second-order valence-electron chi connectivity index (χ2n) is 13.0. The van der Waals surface area contributed by atoms with Crippen LogP contribution in [0.4, 0.5) is 0 Å². The van der Waals surface area contributed by atoms with Crippen LogP contribution in [0.2, 0.25) is 0 Å². The summed E-state index contributed by atoms with van der Waals surface area (Å²) in [6, 6.07) is 0. The van der Waals surface area contributed by atoms with E-state index in [1.165, 1.54) is 45.4 Å². The van der Waals surface area contributed by atoms with Crippen LogP contribution in [0.25, 0.3) is 0 Å². The van der Waals surface area contributed by atoms with Gasteiger partial charge in [-0.25, -0.2) is 4.79 Å². The third-order valence-corrected chi connectivity index (χ3v) is 7.92. The zero-order valence-corrected chi connectivity index (χ0v) is 29.1. The number of carbonyl (C=O) groups is 3. The van der Waals surface area contributed by atoms with Crippen molar-refractivity contribution in [3.63, 3.8) is 0 Å². The van der Waals surface area contributed by atoms with Gasteiger partial charge in [-0.2, -0.15) is 0 Å². The molecule has 0 aromatic rings. The number of aliphatic hydroxyl groups is 1. The van der Waals surface area contributed by atoms with Crippen molar-refractivity contribution in [1.82, 2.24) is 0 Å². The maximum absolute atomic E-state index is 12.7. The Morgan fingerprint density at radius 1 is 0.705 bits per heavy atom. The lowest BCUT2D eigenvalue weighted by molar-refractivity contribution is -0.883. The van der Waals surface area contributed by atoms with Crippen LogP contribution in [0.5, 0.6) is 0 Å². The zero-order chi connectivity index (χ0) is 32.9. The van der Waals surface area contributed by atoms with Gasteiger partial charge in [-0.15, -0.1) is 0 Å². The molecular formula is C36H68NO7+. The molecule has 0 aromatic carbocycles. The molecule has 0 aromatic heterocycles. The van der Waals surface area contributed by atoms with Crippen molar-refractivity contribution in [3.8, 4) is 0 Å². The number of quaternary nitrogens is 1. The van der Waals surface area contributed by atoms with E-state index in [4.69, 9.17) is 14.2 Å². The van der Waals surface area contributed by atoms with E-state index in [1.807, 2.05) is 20.2 Å². The van der Waals surface area contributed by atoms with E-state index in [2.05, 4.69) is 19.9 Å². The predicted molar refractivity (Wildman–Crippen MR) is 178 cm³/mol. The molecule has 0 radical (unpaired) electrons. The number of likely N-dealkylation sites (N-methyl/N-ethyl adjacent to an activating group) is 1. The monoisotopic (exact) mass is 626 g/mol. The number of unbranched alkanes of at least 4 members (excludes halogenated alkanes) is 14. The van der Waals surface area contributed by atoms with Crippen molar-refractivity contribution < 1.29 is 38.2 Å². The molecule has 0 heterocycles. The molecule has 2 unspecified atom stereocenters. The quantitative estimate of drug-likeness (QED) is 0.0285. The SMILES string of the molecule is CCCCCCCCCCOC(=O)CCCCCCC/C=C\CC(O)C(CCCCC)OC(=O)C[N+](C)(C)CCOC(C)=O. The summed E-state index contributed by atoms with van der Waals surface area (Å²) in [5.74, 6) is -0.743. The van der Waals surface area contributed by atoms with Crippen LogP contribution in [-0.4, -0.2) is 80.1 Å². The Labute approximate surface area is 269 Å². The van der Waals surface area contributed by atoms with Crippen molar-refractivity contribution in [3.05, 3.63) is 12.2 Å². The minimum atomic E-state index is -0.737. The van der Waals surface area contributed by atoms with E-state index in [1.54, 1.807) is 0 Å². The zero-order valence-electron chi connectivity index (χ0n) is 29.1. The van der Waals surface area contributed by atoms with Crippen LogP contribution >= 0.6 is 0 Å². The first-order chi connectivity index (χ1) is 21.1. The number of rotatable bonds is 30. The molecule has 8 heteroatoms. The highest BCUT2D eigenvalue weighted by molar-refractivity contribution is 5.71. The summed E-state index contributed by atoms with van der Waals surface area (Å²) in [4.78, 5) is 35.6. The molecule has 0 amide bonds. The van der Waals surface area contributed by atoms with Gasteiger partial charge in [0.25, 0.3) is 0 Å². The van der Waals surface area contributed by atoms with E-state index in [-0.39, 0.29) is 31.1 Å². The molecule has 1 N–H and O–H groups in total. The van der Waals surface area contributed by atoms with Gasteiger partial charge < -0.3 is 23.8 Å². The molecule has 0 fully saturated rings. The molecule has 0 saturated carbocycles. The normalized spacial score (nSPS) is 13.1. The number of aliphatic hydroxyl groups excluding tert-OH is 1. The van der Waals surface area contributed by atoms with Gasteiger partial charge in [-0.1, -0.05) is 103 Å². The Bertz CT molecular complexity index is 753. The van der Waals surface area contributed by atoms with Gasteiger partial charge in [0, 0.05) is 13.3 Å². The second-order valence-corrected chi connectivity index (χ2v) is 13.0. The molecule has 8 nitrogen and oxygen atoms in total.